The number of pyridine rings is 1. The molecule has 0 spiro atoms. The van der Waals surface area contributed by atoms with E-state index in [2.05, 4.69) is 20.6 Å². The van der Waals surface area contributed by atoms with Crippen molar-refractivity contribution in [2.45, 2.75) is 27.3 Å². The van der Waals surface area contributed by atoms with Crippen LogP contribution in [0.5, 0.6) is 11.5 Å². The van der Waals surface area contributed by atoms with E-state index < -0.39 is 0 Å². The van der Waals surface area contributed by atoms with Crippen LogP contribution in [0.4, 0.5) is 5.69 Å². The molecule has 6 nitrogen and oxygen atoms in total. The normalized spacial score (nSPS) is 11.1. The van der Waals surface area contributed by atoms with Gasteiger partial charge in [-0.25, -0.2) is 4.99 Å². The van der Waals surface area contributed by atoms with Crippen LogP contribution >= 0.6 is 0 Å². The van der Waals surface area contributed by atoms with Gasteiger partial charge >= 0.3 is 0 Å². The fourth-order valence-electron chi connectivity index (χ4n) is 2.30. The van der Waals surface area contributed by atoms with E-state index in [1.54, 1.807) is 13.3 Å². The van der Waals surface area contributed by atoms with Gasteiger partial charge in [-0.2, -0.15) is 0 Å². The van der Waals surface area contributed by atoms with E-state index in [1.807, 2.05) is 51.1 Å². The maximum Gasteiger partial charge on any atom is 0.196 e. The average molecular weight is 342 g/mol. The number of ether oxygens (including phenoxy) is 2. The molecule has 0 saturated heterocycles. The van der Waals surface area contributed by atoms with Gasteiger partial charge in [-0.05, 0) is 44.5 Å². The first-order chi connectivity index (χ1) is 12.2. The lowest BCUT2D eigenvalue weighted by molar-refractivity contribution is 0.311. The summed E-state index contributed by atoms with van der Waals surface area (Å²) in [4.78, 5) is 8.99. The Morgan fingerprint density at radius 1 is 1.20 bits per heavy atom. The van der Waals surface area contributed by atoms with Crippen LogP contribution < -0.4 is 20.1 Å². The van der Waals surface area contributed by atoms with Crippen LogP contribution in [0.25, 0.3) is 0 Å². The van der Waals surface area contributed by atoms with Gasteiger partial charge < -0.3 is 20.1 Å². The topological polar surface area (TPSA) is 67.8 Å². The number of nitrogens with zero attached hydrogens (tertiary/aromatic N) is 2. The first-order valence-electron chi connectivity index (χ1n) is 8.44. The third kappa shape index (κ3) is 5.38. The summed E-state index contributed by atoms with van der Waals surface area (Å²) in [6.07, 6.45) is 1.79. The lowest BCUT2D eigenvalue weighted by atomic mass is 10.2. The summed E-state index contributed by atoms with van der Waals surface area (Å²) in [5.74, 6) is 2.10. The molecule has 1 heterocycles. The number of rotatable bonds is 7. The van der Waals surface area contributed by atoms with Crippen molar-refractivity contribution in [2.75, 3.05) is 25.6 Å². The summed E-state index contributed by atoms with van der Waals surface area (Å²) in [7, 11) is 1.63. The SMILES string of the molecule is CCNC(=NCc1ncccc1C)Nc1ccc(OCC)c(OC)c1. The second-order valence-corrected chi connectivity index (χ2v) is 5.39. The molecule has 0 unspecified atom stereocenters. The number of anilines is 1. The van der Waals surface area contributed by atoms with Crippen molar-refractivity contribution in [1.82, 2.24) is 10.3 Å². The second kappa shape index (κ2) is 9.52. The predicted octanol–water partition coefficient (Wildman–Crippen LogP) is 3.37. The van der Waals surface area contributed by atoms with Gasteiger partial charge in [0.1, 0.15) is 0 Å². The maximum absolute atomic E-state index is 5.55. The zero-order valence-electron chi connectivity index (χ0n) is 15.3. The third-order valence-electron chi connectivity index (χ3n) is 3.58. The zero-order valence-corrected chi connectivity index (χ0v) is 15.3. The highest BCUT2D eigenvalue weighted by molar-refractivity contribution is 5.93. The summed E-state index contributed by atoms with van der Waals surface area (Å²) >= 11 is 0. The molecule has 134 valence electrons. The van der Waals surface area contributed by atoms with E-state index in [4.69, 9.17) is 9.47 Å². The van der Waals surface area contributed by atoms with Crippen molar-refractivity contribution in [3.05, 3.63) is 47.8 Å². The van der Waals surface area contributed by atoms with Gasteiger partial charge in [-0.1, -0.05) is 6.07 Å². The van der Waals surface area contributed by atoms with Gasteiger partial charge in [0, 0.05) is 24.5 Å². The van der Waals surface area contributed by atoms with E-state index >= 15 is 0 Å². The number of nitrogens with one attached hydrogen (secondary N) is 2. The number of hydrogen-bond acceptors (Lipinski definition) is 4. The molecule has 0 bridgehead atoms. The zero-order chi connectivity index (χ0) is 18.1. The Morgan fingerprint density at radius 2 is 2.04 bits per heavy atom. The molecule has 0 saturated carbocycles. The summed E-state index contributed by atoms with van der Waals surface area (Å²) in [6, 6.07) is 9.68. The standard InChI is InChI=1S/C19H26N4O2/c1-5-20-19(22-13-16-14(3)8-7-11-21-16)23-15-9-10-17(25-6-2)18(12-15)24-4/h7-12H,5-6,13H2,1-4H3,(H2,20,22,23). The molecule has 1 aromatic carbocycles. The second-order valence-electron chi connectivity index (χ2n) is 5.39. The molecule has 25 heavy (non-hydrogen) atoms. The van der Waals surface area contributed by atoms with Crippen molar-refractivity contribution >= 4 is 11.6 Å². The van der Waals surface area contributed by atoms with Gasteiger partial charge in [0.05, 0.1) is 26.0 Å². The molecule has 0 amide bonds. The predicted molar refractivity (Wildman–Crippen MR) is 102 cm³/mol. The number of aliphatic imine (C=N–C) groups is 1. The number of guanidine groups is 1. The fourth-order valence-corrected chi connectivity index (χ4v) is 2.30. The largest absolute Gasteiger partial charge is 0.493 e. The molecular weight excluding hydrogens is 316 g/mol. The maximum atomic E-state index is 5.55. The Labute approximate surface area is 149 Å². The minimum atomic E-state index is 0.510. The van der Waals surface area contributed by atoms with Crippen LogP contribution in [0.2, 0.25) is 0 Å². The smallest absolute Gasteiger partial charge is 0.196 e. The van der Waals surface area contributed by atoms with Crippen molar-refractivity contribution in [3.8, 4) is 11.5 Å². The van der Waals surface area contributed by atoms with Gasteiger partial charge in [0.2, 0.25) is 0 Å². The minimum absolute atomic E-state index is 0.510. The van der Waals surface area contributed by atoms with E-state index in [0.29, 0.717) is 24.9 Å². The molecule has 2 rings (SSSR count). The van der Waals surface area contributed by atoms with E-state index in [-0.39, 0.29) is 0 Å². The molecule has 0 aliphatic carbocycles. The molecule has 2 N–H and O–H groups in total. The molecule has 0 aliphatic rings. The summed E-state index contributed by atoms with van der Waals surface area (Å²) in [6.45, 7) is 7.88. The van der Waals surface area contributed by atoms with Crippen molar-refractivity contribution in [3.63, 3.8) is 0 Å². The van der Waals surface area contributed by atoms with Crippen molar-refractivity contribution in [1.29, 1.82) is 0 Å². The molecule has 0 atom stereocenters. The number of benzene rings is 1. The summed E-state index contributed by atoms with van der Waals surface area (Å²) in [5.41, 5.74) is 2.96. The number of hydrogen-bond donors (Lipinski definition) is 2. The first kappa shape index (κ1) is 18.6. The fraction of sp³-hybridized carbons (Fsp3) is 0.368. The highest BCUT2D eigenvalue weighted by atomic mass is 16.5. The Kier molecular flexibility index (Phi) is 7.07. The van der Waals surface area contributed by atoms with Crippen LogP contribution in [0.1, 0.15) is 25.1 Å². The Balaban J connectivity index is 2.15. The first-order valence-corrected chi connectivity index (χ1v) is 8.44. The third-order valence-corrected chi connectivity index (χ3v) is 3.58. The summed E-state index contributed by atoms with van der Waals surface area (Å²) in [5, 5.41) is 6.53. The molecule has 2 aromatic rings. The van der Waals surface area contributed by atoms with Crippen LogP contribution in [0.3, 0.4) is 0 Å². The van der Waals surface area contributed by atoms with Crippen LogP contribution in [-0.4, -0.2) is 31.2 Å². The van der Waals surface area contributed by atoms with E-state index in [0.717, 1.165) is 29.2 Å². The highest BCUT2D eigenvalue weighted by Crippen LogP contribution is 2.30. The minimum Gasteiger partial charge on any atom is -0.493 e. The van der Waals surface area contributed by atoms with Gasteiger partial charge in [-0.3, -0.25) is 4.98 Å². The summed E-state index contributed by atoms with van der Waals surface area (Å²) < 4.78 is 10.9. The van der Waals surface area contributed by atoms with Crippen molar-refractivity contribution in [2.24, 2.45) is 4.99 Å². The molecule has 1 aromatic heterocycles. The van der Waals surface area contributed by atoms with Crippen molar-refractivity contribution < 1.29 is 9.47 Å². The molecule has 0 aliphatic heterocycles. The van der Waals surface area contributed by atoms with Gasteiger partial charge in [-0.15, -0.1) is 0 Å². The average Bonchev–Trinajstić information content (AvgIpc) is 2.62. The van der Waals surface area contributed by atoms with Gasteiger partial charge in [0.15, 0.2) is 17.5 Å². The molecular formula is C19H26N4O2. The van der Waals surface area contributed by atoms with E-state index in [9.17, 15) is 0 Å². The van der Waals surface area contributed by atoms with Crippen LogP contribution in [-0.2, 0) is 6.54 Å². The highest BCUT2D eigenvalue weighted by Gasteiger charge is 2.07. The lowest BCUT2D eigenvalue weighted by Gasteiger charge is -2.14. The monoisotopic (exact) mass is 342 g/mol. The van der Waals surface area contributed by atoms with E-state index in [1.165, 1.54) is 0 Å². The van der Waals surface area contributed by atoms with Gasteiger partial charge in [0.25, 0.3) is 0 Å². The van der Waals surface area contributed by atoms with Crippen LogP contribution in [0, 0.1) is 6.92 Å². The number of methoxy groups -OCH3 is 1. The molecule has 0 radical (unpaired) electrons. The number of aryl methyl sites for hydroxylation is 1. The quantitative estimate of drug-likeness (QED) is 0.596. The lowest BCUT2D eigenvalue weighted by Crippen LogP contribution is -2.30. The Morgan fingerprint density at radius 3 is 2.72 bits per heavy atom. The Bertz CT molecular complexity index is 716. The van der Waals surface area contributed by atoms with Crippen LogP contribution in [0.15, 0.2) is 41.5 Å². The Hall–Kier alpha value is -2.76. The molecule has 0 fully saturated rings. The molecule has 6 heteroatoms. The number of aromatic nitrogens is 1.